The van der Waals surface area contributed by atoms with E-state index in [2.05, 4.69) is 10.6 Å². The van der Waals surface area contributed by atoms with Crippen LogP contribution in [0.25, 0.3) is 0 Å². The van der Waals surface area contributed by atoms with Gasteiger partial charge in [-0.1, -0.05) is 29.8 Å². The molecular formula is C19H17F3N2O2. The third kappa shape index (κ3) is 3.42. The molecule has 1 saturated heterocycles. The molecule has 0 aromatic heterocycles. The first kappa shape index (κ1) is 18.0. The molecule has 2 aromatic rings. The second-order valence-corrected chi connectivity index (χ2v) is 6.29. The second kappa shape index (κ2) is 7.19. The highest BCUT2D eigenvalue weighted by molar-refractivity contribution is 6.07. The quantitative estimate of drug-likeness (QED) is 0.650. The van der Waals surface area contributed by atoms with Crippen LogP contribution in [0, 0.1) is 30.3 Å². The molecule has 2 atom stereocenters. The van der Waals surface area contributed by atoms with Crippen LogP contribution >= 0.6 is 0 Å². The molecule has 26 heavy (non-hydrogen) atoms. The molecule has 0 saturated carbocycles. The van der Waals surface area contributed by atoms with E-state index in [1.165, 1.54) is 0 Å². The number of carbonyl (C=O) groups excluding carboxylic acids is 2. The molecular weight excluding hydrogens is 345 g/mol. The fourth-order valence-corrected chi connectivity index (χ4v) is 3.20. The number of benzene rings is 2. The minimum atomic E-state index is -1.67. The Labute approximate surface area is 148 Å². The lowest BCUT2D eigenvalue weighted by atomic mass is 9.79. The summed E-state index contributed by atoms with van der Waals surface area (Å²) in [6.45, 7) is 2.32. The van der Waals surface area contributed by atoms with Gasteiger partial charge in [0.05, 0.1) is 5.69 Å². The maximum Gasteiger partial charge on any atom is 0.237 e. The molecule has 0 spiro atoms. The van der Waals surface area contributed by atoms with Gasteiger partial charge in [-0.2, -0.15) is 0 Å². The maximum atomic E-state index is 13.8. The number of aryl methyl sites for hydroxylation is 1. The first-order valence-electron chi connectivity index (χ1n) is 8.17. The molecule has 1 fully saturated rings. The first-order valence-corrected chi connectivity index (χ1v) is 8.17. The van der Waals surface area contributed by atoms with Gasteiger partial charge in [-0.3, -0.25) is 9.59 Å². The van der Waals surface area contributed by atoms with Crippen molar-refractivity contribution in [1.29, 1.82) is 0 Å². The van der Waals surface area contributed by atoms with Crippen LogP contribution in [0.2, 0.25) is 0 Å². The third-order valence-corrected chi connectivity index (χ3v) is 4.49. The Balaban J connectivity index is 1.90. The van der Waals surface area contributed by atoms with E-state index in [-0.39, 0.29) is 0 Å². The lowest BCUT2D eigenvalue weighted by Crippen LogP contribution is -2.46. The molecule has 2 aromatic carbocycles. The van der Waals surface area contributed by atoms with Crippen molar-refractivity contribution in [2.24, 2.45) is 5.92 Å². The van der Waals surface area contributed by atoms with Crippen LogP contribution in [0.1, 0.15) is 23.5 Å². The van der Waals surface area contributed by atoms with Crippen molar-refractivity contribution in [2.45, 2.75) is 19.3 Å². The summed E-state index contributed by atoms with van der Waals surface area (Å²) in [6, 6.07) is 9.09. The Morgan fingerprint density at radius 3 is 2.65 bits per heavy atom. The maximum absolute atomic E-state index is 13.8. The lowest BCUT2D eigenvalue weighted by Gasteiger charge is -2.30. The van der Waals surface area contributed by atoms with Gasteiger partial charge in [0.1, 0.15) is 5.92 Å². The molecule has 0 unspecified atom stereocenters. The smallest absolute Gasteiger partial charge is 0.237 e. The van der Waals surface area contributed by atoms with Gasteiger partial charge in [0.2, 0.25) is 11.8 Å². The zero-order valence-electron chi connectivity index (χ0n) is 14.0. The number of halogens is 3. The molecule has 0 aliphatic carbocycles. The fraction of sp³-hybridized carbons (Fsp3) is 0.263. The minimum absolute atomic E-state index is 0.392. The normalized spacial score (nSPS) is 19.8. The molecule has 0 bridgehead atoms. The summed E-state index contributed by atoms with van der Waals surface area (Å²) in [7, 11) is 0. The van der Waals surface area contributed by atoms with Gasteiger partial charge in [0, 0.05) is 12.5 Å². The van der Waals surface area contributed by atoms with Crippen LogP contribution in [0.15, 0.2) is 36.4 Å². The zero-order chi connectivity index (χ0) is 18.8. The standard InChI is InChI=1S/C19H17F3N2O2/c1-10-3-2-4-11(9-10)12-7-8-23-18(25)15(12)19(26)24-14-6-5-13(20)16(21)17(14)22/h2-6,9,12,15H,7-8H2,1H3,(H,23,25)(H,24,26)/t12-,15-/m1/s1. The van der Waals surface area contributed by atoms with Gasteiger partial charge in [-0.25, -0.2) is 13.2 Å². The minimum Gasteiger partial charge on any atom is -0.355 e. The Hall–Kier alpha value is -2.83. The van der Waals surface area contributed by atoms with Crippen LogP contribution in [-0.4, -0.2) is 18.4 Å². The van der Waals surface area contributed by atoms with E-state index in [9.17, 15) is 22.8 Å². The van der Waals surface area contributed by atoms with E-state index >= 15 is 0 Å². The molecule has 1 heterocycles. The number of piperidine rings is 1. The summed E-state index contributed by atoms with van der Waals surface area (Å²) < 4.78 is 40.2. The molecule has 3 rings (SSSR count). The predicted octanol–water partition coefficient (Wildman–Crippen LogP) is 3.27. The number of carbonyl (C=O) groups is 2. The second-order valence-electron chi connectivity index (χ2n) is 6.29. The van der Waals surface area contributed by atoms with Crippen molar-refractivity contribution in [3.05, 3.63) is 65.0 Å². The number of amides is 2. The lowest BCUT2D eigenvalue weighted by molar-refractivity contribution is -0.135. The number of rotatable bonds is 3. The largest absolute Gasteiger partial charge is 0.355 e. The summed E-state index contributed by atoms with van der Waals surface area (Å²) in [4.78, 5) is 24.9. The van der Waals surface area contributed by atoms with E-state index in [4.69, 9.17) is 0 Å². The van der Waals surface area contributed by atoms with Crippen LogP contribution in [0.4, 0.5) is 18.9 Å². The van der Waals surface area contributed by atoms with E-state index in [0.29, 0.717) is 19.0 Å². The molecule has 4 nitrogen and oxygen atoms in total. The molecule has 2 N–H and O–H groups in total. The Morgan fingerprint density at radius 1 is 1.15 bits per heavy atom. The van der Waals surface area contributed by atoms with Crippen LogP contribution < -0.4 is 10.6 Å². The van der Waals surface area contributed by atoms with Crippen molar-refractivity contribution in [2.75, 3.05) is 11.9 Å². The van der Waals surface area contributed by atoms with Crippen LogP contribution in [-0.2, 0) is 9.59 Å². The first-order chi connectivity index (χ1) is 12.4. The average Bonchev–Trinajstić information content (AvgIpc) is 2.62. The number of nitrogens with one attached hydrogen (secondary N) is 2. The van der Waals surface area contributed by atoms with Crippen molar-refractivity contribution >= 4 is 17.5 Å². The van der Waals surface area contributed by atoms with Gasteiger partial charge >= 0.3 is 0 Å². The third-order valence-electron chi connectivity index (χ3n) is 4.49. The zero-order valence-corrected chi connectivity index (χ0v) is 14.0. The Kier molecular flexibility index (Phi) is 4.97. The summed E-state index contributed by atoms with van der Waals surface area (Å²) in [5.74, 6) is -7.27. The number of anilines is 1. The van der Waals surface area contributed by atoms with Crippen molar-refractivity contribution in [1.82, 2.24) is 5.32 Å². The predicted molar refractivity (Wildman–Crippen MR) is 90.0 cm³/mol. The Morgan fingerprint density at radius 2 is 1.92 bits per heavy atom. The van der Waals surface area contributed by atoms with E-state index in [0.717, 1.165) is 17.2 Å². The van der Waals surface area contributed by atoms with Gasteiger partial charge in [-0.15, -0.1) is 0 Å². The van der Waals surface area contributed by atoms with Gasteiger partial charge in [0.15, 0.2) is 17.5 Å². The fourth-order valence-electron chi connectivity index (χ4n) is 3.20. The molecule has 0 radical (unpaired) electrons. The highest BCUT2D eigenvalue weighted by Crippen LogP contribution is 2.33. The van der Waals surface area contributed by atoms with Gasteiger partial charge < -0.3 is 10.6 Å². The number of hydrogen-bond donors (Lipinski definition) is 2. The van der Waals surface area contributed by atoms with Crippen molar-refractivity contribution in [3.8, 4) is 0 Å². The summed E-state index contributed by atoms with van der Waals surface area (Å²) in [5, 5.41) is 4.83. The molecule has 1 aliphatic heterocycles. The van der Waals surface area contributed by atoms with E-state index < -0.39 is 46.8 Å². The molecule has 7 heteroatoms. The molecule has 1 aliphatic rings. The summed E-state index contributed by atoms with van der Waals surface area (Å²) in [6.07, 6.45) is 0.535. The monoisotopic (exact) mass is 362 g/mol. The van der Waals surface area contributed by atoms with Gasteiger partial charge in [0.25, 0.3) is 0 Å². The molecule has 136 valence electrons. The van der Waals surface area contributed by atoms with Crippen LogP contribution in [0.5, 0.6) is 0 Å². The highest BCUT2D eigenvalue weighted by atomic mass is 19.2. The molecule has 2 amide bonds. The van der Waals surface area contributed by atoms with Crippen LogP contribution in [0.3, 0.4) is 0 Å². The number of hydrogen-bond acceptors (Lipinski definition) is 2. The van der Waals surface area contributed by atoms with Gasteiger partial charge in [-0.05, 0) is 31.0 Å². The average molecular weight is 362 g/mol. The van der Waals surface area contributed by atoms with E-state index in [1.54, 1.807) is 0 Å². The summed E-state index contributed by atoms with van der Waals surface area (Å²) >= 11 is 0. The summed E-state index contributed by atoms with van der Waals surface area (Å²) in [5.41, 5.74) is 1.31. The van der Waals surface area contributed by atoms with Crippen molar-refractivity contribution in [3.63, 3.8) is 0 Å². The van der Waals surface area contributed by atoms with E-state index in [1.807, 2.05) is 31.2 Å². The van der Waals surface area contributed by atoms with Crippen molar-refractivity contribution < 1.29 is 22.8 Å². The highest BCUT2D eigenvalue weighted by Gasteiger charge is 2.39. The topological polar surface area (TPSA) is 58.2 Å². The SMILES string of the molecule is Cc1cccc([C@H]2CCNC(=O)[C@@H]2C(=O)Nc2ccc(F)c(F)c2F)c1. The Bertz CT molecular complexity index is 870.